The zero-order valence-electron chi connectivity index (χ0n) is 12.5. The number of nitrogens with zero attached hydrogens (tertiary/aromatic N) is 1. The van der Waals surface area contributed by atoms with Gasteiger partial charge in [0, 0.05) is 25.8 Å². The molecule has 0 fully saturated rings. The van der Waals surface area contributed by atoms with Crippen LogP contribution in [0.4, 0.5) is 10.6 Å². The van der Waals surface area contributed by atoms with Gasteiger partial charge in [-0.25, -0.2) is 9.78 Å². The van der Waals surface area contributed by atoms with Crippen LogP contribution in [0.3, 0.4) is 0 Å². The number of carbonyl (C=O) groups excluding carboxylic acids is 1. The highest BCUT2D eigenvalue weighted by atomic mass is 16.5. The van der Waals surface area contributed by atoms with E-state index < -0.39 is 0 Å². The Kier molecular flexibility index (Phi) is 6.04. The van der Waals surface area contributed by atoms with E-state index in [2.05, 4.69) is 20.9 Å². The van der Waals surface area contributed by atoms with Gasteiger partial charge in [-0.3, -0.25) is 0 Å². The Morgan fingerprint density at radius 1 is 1.14 bits per heavy atom. The second-order valence-corrected chi connectivity index (χ2v) is 4.60. The molecule has 0 spiro atoms. The van der Waals surface area contributed by atoms with Gasteiger partial charge in [0.1, 0.15) is 11.6 Å². The number of hydrogen-bond donors (Lipinski definition) is 3. The first-order valence-electron chi connectivity index (χ1n) is 7.07. The van der Waals surface area contributed by atoms with Crippen LogP contribution in [-0.2, 0) is 6.54 Å². The number of benzene rings is 1. The summed E-state index contributed by atoms with van der Waals surface area (Å²) in [7, 11) is 1.62. The van der Waals surface area contributed by atoms with Crippen molar-refractivity contribution in [2.75, 3.05) is 25.5 Å². The molecule has 0 saturated heterocycles. The fourth-order valence-electron chi connectivity index (χ4n) is 1.86. The van der Waals surface area contributed by atoms with Crippen LogP contribution in [0.25, 0.3) is 0 Å². The number of nitrogens with one attached hydrogen (secondary N) is 3. The van der Waals surface area contributed by atoms with E-state index in [9.17, 15) is 4.79 Å². The Labute approximate surface area is 129 Å². The highest BCUT2D eigenvalue weighted by Gasteiger charge is 2.01. The van der Waals surface area contributed by atoms with Crippen LogP contribution < -0.4 is 20.7 Å². The lowest BCUT2D eigenvalue weighted by Gasteiger charge is -2.09. The number of rotatable bonds is 7. The van der Waals surface area contributed by atoms with Crippen LogP contribution in [0.5, 0.6) is 5.75 Å². The van der Waals surface area contributed by atoms with E-state index in [1.807, 2.05) is 42.5 Å². The largest absolute Gasteiger partial charge is 0.497 e. The lowest BCUT2D eigenvalue weighted by Crippen LogP contribution is -2.37. The molecule has 0 bridgehead atoms. The van der Waals surface area contributed by atoms with E-state index >= 15 is 0 Å². The zero-order valence-corrected chi connectivity index (χ0v) is 12.5. The Morgan fingerprint density at radius 2 is 2.05 bits per heavy atom. The minimum Gasteiger partial charge on any atom is -0.497 e. The van der Waals surface area contributed by atoms with Gasteiger partial charge in [-0.15, -0.1) is 0 Å². The maximum atomic E-state index is 11.7. The van der Waals surface area contributed by atoms with Crippen LogP contribution in [0.2, 0.25) is 0 Å². The van der Waals surface area contributed by atoms with Gasteiger partial charge in [-0.2, -0.15) is 0 Å². The van der Waals surface area contributed by atoms with Gasteiger partial charge in [-0.05, 0) is 29.8 Å². The number of carbonyl (C=O) groups is 1. The standard InChI is InChI=1S/C16H20N4O2/c1-22-14-6-4-5-13(11-14)12-20-16(21)19-10-9-18-15-7-2-3-8-17-15/h2-8,11H,9-10,12H2,1H3,(H,17,18)(H2,19,20,21). The molecule has 1 heterocycles. The van der Waals surface area contributed by atoms with Crippen LogP contribution in [0.1, 0.15) is 5.56 Å². The summed E-state index contributed by atoms with van der Waals surface area (Å²) < 4.78 is 5.14. The van der Waals surface area contributed by atoms with Crippen molar-refractivity contribution in [3.05, 3.63) is 54.2 Å². The molecule has 6 heteroatoms. The second-order valence-electron chi connectivity index (χ2n) is 4.60. The van der Waals surface area contributed by atoms with E-state index in [0.29, 0.717) is 19.6 Å². The number of pyridine rings is 1. The summed E-state index contributed by atoms with van der Waals surface area (Å²) in [5.74, 6) is 1.57. The van der Waals surface area contributed by atoms with Gasteiger partial charge in [0.15, 0.2) is 0 Å². The van der Waals surface area contributed by atoms with E-state index in [4.69, 9.17) is 4.74 Å². The predicted octanol–water partition coefficient (Wildman–Crippen LogP) is 2.00. The van der Waals surface area contributed by atoms with Gasteiger partial charge in [0.05, 0.1) is 7.11 Å². The predicted molar refractivity (Wildman–Crippen MR) is 86.0 cm³/mol. The molecule has 0 aliphatic heterocycles. The van der Waals surface area contributed by atoms with Crippen molar-refractivity contribution in [3.63, 3.8) is 0 Å². The summed E-state index contributed by atoms with van der Waals surface area (Å²) >= 11 is 0. The Morgan fingerprint density at radius 3 is 2.82 bits per heavy atom. The van der Waals surface area contributed by atoms with Crippen LogP contribution in [0.15, 0.2) is 48.7 Å². The molecule has 2 rings (SSSR count). The van der Waals surface area contributed by atoms with E-state index in [1.54, 1.807) is 13.3 Å². The van der Waals surface area contributed by atoms with Gasteiger partial charge in [0.25, 0.3) is 0 Å². The van der Waals surface area contributed by atoms with Crippen LogP contribution >= 0.6 is 0 Å². The SMILES string of the molecule is COc1cccc(CNC(=O)NCCNc2ccccn2)c1. The van der Waals surface area contributed by atoms with Crippen LogP contribution in [-0.4, -0.2) is 31.2 Å². The van der Waals surface area contributed by atoms with Crippen molar-refractivity contribution in [2.45, 2.75) is 6.54 Å². The van der Waals surface area contributed by atoms with Crippen molar-refractivity contribution < 1.29 is 9.53 Å². The molecule has 22 heavy (non-hydrogen) atoms. The maximum Gasteiger partial charge on any atom is 0.315 e. The Balaban J connectivity index is 1.63. The van der Waals surface area contributed by atoms with Crippen molar-refractivity contribution >= 4 is 11.8 Å². The van der Waals surface area contributed by atoms with Gasteiger partial charge in [-0.1, -0.05) is 18.2 Å². The first-order valence-corrected chi connectivity index (χ1v) is 7.07. The summed E-state index contributed by atoms with van der Waals surface area (Å²) in [6.45, 7) is 1.58. The van der Waals surface area contributed by atoms with Crippen molar-refractivity contribution in [3.8, 4) is 5.75 Å². The number of anilines is 1. The highest BCUT2D eigenvalue weighted by Crippen LogP contribution is 2.11. The molecule has 0 radical (unpaired) electrons. The van der Waals surface area contributed by atoms with E-state index in [-0.39, 0.29) is 6.03 Å². The molecule has 2 aromatic rings. The molecule has 1 aromatic heterocycles. The first kappa shape index (κ1) is 15.6. The molecule has 1 aromatic carbocycles. The van der Waals surface area contributed by atoms with Crippen molar-refractivity contribution in [2.24, 2.45) is 0 Å². The van der Waals surface area contributed by atoms with Gasteiger partial charge < -0.3 is 20.7 Å². The van der Waals surface area contributed by atoms with Gasteiger partial charge in [0.2, 0.25) is 0 Å². The highest BCUT2D eigenvalue weighted by molar-refractivity contribution is 5.73. The fourth-order valence-corrected chi connectivity index (χ4v) is 1.86. The summed E-state index contributed by atoms with van der Waals surface area (Å²) in [4.78, 5) is 15.8. The maximum absolute atomic E-state index is 11.7. The van der Waals surface area contributed by atoms with Crippen LogP contribution in [0, 0.1) is 0 Å². The third kappa shape index (κ3) is 5.32. The van der Waals surface area contributed by atoms with Crippen molar-refractivity contribution in [1.82, 2.24) is 15.6 Å². The minimum absolute atomic E-state index is 0.203. The summed E-state index contributed by atoms with van der Waals surface area (Å²) in [5.41, 5.74) is 0.987. The number of urea groups is 1. The molecule has 0 unspecified atom stereocenters. The molecule has 2 amide bonds. The lowest BCUT2D eigenvalue weighted by molar-refractivity contribution is 0.241. The Hall–Kier alpha value is -2.76. The fraction of sp³-hybridized carbons (Fsp3) is 0.250. The molecule has 0 atom stereocenters. The average molecular weight is 300 g/mol. The molecule has 6 nitrogen and oxygen atoms in total. The third-order valence-corrected chi connectivity index (χ3v) is 2.97. The molecule has 0 saturated carbocycles. The number of hydrogen-bond acceptors (Lipinski definition) is 4. The quantitative estimate of drug-likeness (QED) is 0.684. The molecule has 0 aliphatic carbocycles. The molecule has 3 N–H and O–H groups in total. The monoisotopic (exact) mass is 300 g/mol. The van der Waals surface area contributed by atoms with Crippen molar-refractivity contribution in [1.29, 1.82) is 0 Å². The summed E-state index contributed by atoms with van der Waals surface area (Å²) in [6.07, 6.45) is 1.72. The second kappa shape index (κ2) is 8.51. The Bertz CT molecular complexity index is 590. The molecular formula is C16H20N4O2. The van der Waals surface area contributed by atoms with Gasteiger partial charge >= 0.3 is 6.03 Å². The molecule has 116 valence electrons. The smallest absolute Gasteiger partial charge is 0.315 e. The van der Waals surface area contributed by atoms with E-state index in [1.165, 1.54) is 0 Å². The first-order chi connectivity index (χ1) is 10.8. The van der Waals surface area contributed by atoms with E-state index in [0.717, 1.165) is 17.1 Å². The average Bonchev–Trinajstić information content (AvgIpc) is 2.58. The molecular weight excluding hydrogens is 280 g/mol. The number of aromatic nitrogens is 1. The third-order valence-electron chi connectivity index (χ3n) is 2.97. The molecule has 0 aliphatic rings. The number of methoxy groups -OCH3 is 1. The lowest BCUT2D eigenvalue weighted by atomic mass is 10.2. The minimum atomic E-state index is -0.203. The summed E-state index contributed by atoms with van der Waals surface area (Å²) in [6, 6.07) is 13.0. The number of amides is 2. The zero-order chi connectivity index (χ0) is 15.6. The normalized spacial score (nSPS) is 9.86. The number of ether oxygens (including phenoxy) is 1. The summed E-state index contributed by atoms with van der Waals surface area (Å²) in [5, 5.41) is 8.70. The topological polar surface area (TPSA) is 75.3 Å².